The van der Waals surface area contributed by atoms with Crippen LogP contribution in [0.15, 0.2) is 72.2 Å². The number of nitrogens with one attached hydrogen (secondary N) is 2. The quantitative estimate of drug-likeness (QED) is 0.752. The fraction of sp³-hybridized carbons (Fsp3) is 0.100. The number of nitrogens with zero attached hydrogens (tertiary/aromatic N) is 4. The highest BCUT2D eigenvalue weighted by Crippen LogP contribution is 2.35. The van der Waals surface area contributed by atoms with Gasteiger partial charge in [-0.05, 0) is 36.8 Å². The van der Waals surface area contributed by atoms with Gasteiger partial charge in [0.25, 0.3) is 5.91 Å². The number of allylic oxidation sites excluding steroid dienone is 1. The zero-order valence-electron chi connectivity index (χ0n) is 14.5. The van der Waals surface area contributed by atoms with E-state index in [2.05, 4.69) is 26.8 Å². The fourth-order valence-electron chi connectivity index (χ4n) is 3.15. The molecule has 3 aromatic rings. The van der Waals surface area contributed by atoms with Gasteiger partial charge in [-0.15, -0.1) is 0 Å². The van der Waals surface area contributed by atoms with Crippen molar-refractivity contribution in [1.82, 2.24) is 14.8 Å². The first-order valence-corrected chi connectivity index (χ1v) is 8.41. The number of hydrogen-bond acceptors (Lipinski definition) is 5. The number of hydrogen-bond donors (Lipinski definition) is 2. The van der Waals surface area contributed by atoms with Gasteiger partial charge in [-0.2, -0.15) is 15.3 Å². The van der Waals surface area contributed by atoms with Crippen LogP contribution in [0.2, 0.25) is 0 Å². The minimum atomic E-state index is -0.444. The van der Waals surface area contributed by atoms with Crippen LogP contribution in [0.4, 0.5) is 11.6 Å². The third-order valence-electron chi connectivity index (χ3n) is 4.43. The lowest BCUT2D eigenvalue weighted by atomic mass is 9.94. The molecule has 2 aromatic carbocycles. The molecule has 1 aromatic heterocycles. The van der Waals surface area contributed by atoms with Crippen LogP contribution in [-0.4, -0.2) is 20.7 Å². The number of anilines is 2. The normalized spacial score (nSPS) is 15.5. The Labute approximate surface area is 156 Å². The van der Waals surface area contributed by atoms with Crippen LogP contribution < -0.4 is 10.6 Å². The Morgan fingerprint density at radius 2 is 1.93 bits per heavy atom. The molecule has 132 valence electrons. The van der Waals surface area contributed by atoms with E-state index in [9.17, 15) is 4.79 Å². The monoisotopic (exact) mass is 356 g/mol. The van der Waals surface area contributed by atoms with E-state index in [1.807, 2.05) is 49.4 Å². The third-order valence-corrected chi connectivity index (χ3v) is 4.43. The van der Waals surface area contributed by atoms with Crippen LogP contribution in [0.3, 0.4) is 0 Å². The van der Waals surface area contributed by atoms with E-state index in [0.29, 0.717) is 28.5 Å². The van der Waals surface area contributed by atoms with E-state index in [0.717, 1.165) is 5.56 Å². The smallest absolute Gasteiger partial charge is 0.255 e. The Morgan fingerprint density at radius 3 is 2.63 bits per heavy atom. The van der Waals surface area contributed by atoms with E-state index in [-0.39, 0.29) is 5.91 Å². The molecule has 0 saturated carbocycles. The first-order chi connectivity index (χ1) is 13.2. The van der Waals surface area contributed by atoms with Crippen molar-refractivity contribution in [2.75, 3.05) is 10.6 Å². The molecule has 7 nitrogen and oxygen atoms in total. The number of amides is 1. The topological polar surface area (TPSA) is 95.6 Å². The van der Waals surface area contributed by atoms with E-state index in [4.69, 9.17) is 5.26 Å². The number of fused-ring (bicyclic) bond motifs is 1. The second kappa shape index (κ2) is 6.77. The molecule has 0 fully saturated rings. The first-order valence-electron chi connectivity index (χ1n) is 8.41. The Morgan fingerprint density at radius 1 is 1.19 bits per heavy atom. The van der Waals surface area contributed by atoms with Gasteiger partial charge in [0.15, 0.2) is 0 Å². The average molecular weight is 356 g/mol. The SMILES string of the molecule is CC1=C(C(=O)Nc2ccccc2)C(c2ccc(C#N)cc2)n2ncnc2N1. The van der Waals surface area contributed by atoms with Crippen molar-refractivity contribution in [3.8, 4) is 6.07 Å². The summed E-state index contributed by atoms with van der Waals surface area (Å²) < 4.78 is 1.67. The third kappa shape index (κ3) is 3.04. The van der Waals surface area contributed by atoms with Gasteiger partial charge in [-0.1, -0.05) is 30.3 Å². The Bertz CT molecular complexity index is 1060. The maximum Gasteiger partial charge on any atom is 0.255 e. The molecule has 1 amide bonds. The van der Waals surface area contributed by atoms with Gasteiger partial charge in [0.1, 0.15) is 12.4 Å². The second-order valence-corrected chi connectivity index (χ2v) is 6.15. The zero-order chi connectivity index (χ0) is 18.8. The lowest BCUT2D eigenvalue weighted by Gasteiger charge is -2.28. The van der Waals surface area contributed by atoms with Gasteiger partial charge in [0, 0.05) is 11.4 Å². The van der Waals surface area contributed by atoms with E-state index in [1.54, 1.807) is 16.8 Å². The van der Waals surface area contributed by atoms with Gasteiger partial charge in [-0.25, -0.2) is 4.68 Å². The second-order valence-electron chi connectivity index (χ2n) is 6.15. The van der Waals surface area contributed by atoms with Crippen molar-refractivity contribution in [2.24, 2.45) is 0 Å². The highest BCUT2D eigenvalue weighted by Gasteiger charge is 2.33. The van der Waals surface area contributed by atoms with E-state index in [1.165, 1.54) is 6.33 Å². The van der Waals surface area contributed by atoms with Gasteiger partial charge >= 0.3 is 0 Å². The number of aromatic nitrogens is 3. The van der Waals surface area contributed by atoms with Crippen LogP contribution >= 0.6 is 0 Å². The molecular weight excluding hydrogens is 340 g/mol. The number of para-hydroxylation sites is 1. The Balaban J connectivity index is 1.77. The molecule has 7 heteroatoms. The fourth-order valence-corrected chi connectivity index (χ4v) is 3.15. The van der Waals surface area contributed by atoms with Gasteiger partial charge in [0.2, 0.25) is 5.95 Å². The Kier molecular flexibility index (Phi) is 4.15. The molecule has 1 aliphatic heterocycles. The first kappa shape index (κ1) is 16.5. The summed E-state index contributed by atoms with van der Waals surface area (Å²) in [6.07, 6.45) is 1.45. The number of rotatable bonds is 3. The summed E-state index contributed by atoms with van der Waals surface area (Å²) in [5.74, 6) is 0.347. The summed E-state index contributed by atoms with van der Waals surface area (Å²) in [5, 5.41) is 19.4. The molecule has 0 bridgehead atoms. The maximum atomic E-state index is 13.1. The van der Waals surface area contributed by atoms with Gasteiger partial charge < -0.3 is 10.6 Å². The number of benzene rings is 2. The van der Waals surface area contributed by atoms with Crippen molar-refractivity contribution in [1.29, 1.82) is 5.26 Å². The molecule has 27 heavy (non-hydrogen) atoms. The summed E-state index contributed by atoms with van der Waals surface area (Å²) in [6.45, 7) is 1.84. The molecule has 0 aliphatic carbocycles. The van der Waals surface area contributed by atoms with E-state index < -0.39 is 6.04 Å². The highest BCUT2D eigenvalue weighted by atomic mass is 16.1. The predicted molar refractivity (Wildman–Crippen MR) is 101 cm³/mol. The van der Waals surface area contributed by atoms with Crippen molar-refractivity contribution in [2.45, 2.75) is 13.0 Å². The minimum absolute atomic E-state index is 0.221. The summed E-state index contributed by atoms with van der Waals surface area (Å²) in [4.78, 5) is 17.3. The maximum absolute atomic E-state index is 13.1. The van der Waals surface area contributed by atoms with Gasteiger partial charge in [0.05, 0.1) is 17.2 Å². The number of nitriles is 1. The largest absolute Gasteiger partial charge is 0.328 e. The van der Waals surface area contributed by atoms with Crippen LogP contribution in [0.25, 0.3) is 0 Å². The summed E-state index contributed by atoms with van der Waals surface area (Å²) >= 11 is 0. The summed E-state index contributed by atoms with van der Waals surface area (Å²) in [7, 11) is 0. The lowest BCUT2D eigenvalue weighted by Crippen LogP contribution is -2.31. The lowest BCUT2D eigenvalue weighted by molar-refractivity contribution is -0.113. The average Bonchev–Trinajstić information content (AvgIpc) is 3.15. The summed E-state index contributed by atoms with van der Waals surface area (Å²) in [5.41, 5.74) is 3.37. The molecule has 4 rings (SSSR count). The number of carbonyl (C=O) groups is 1. The molecular formula is C20H16N6O. The minimum Gasteiger partial charge on any atom is -0.328 e. The molecule has 1 aliphatic rings. The zero-order valence-corrected chi connectivity index (χ0v) is 14.5. The van der Waals surface area contributed by atoms with Crippen LogP contribution in [0.5, 0.6) is 0 Å². The molecule has 1 unspecified atom stereocenters. The predicted octanol–water partition coefficient (Wildman–Crippen LogP) is 3.08. The standard InChI is InChI=1S/C20H16N6O/c1-13-17(19(27)25-16-5-3-2-4-6-16)18(26-20(24-13)22-12-23-26)15-9-7-14(11-21)8-10-15/h2-10,12,18H,1H3,(H,25,27)(H,22,23,24). The van der Waals surface area contributed by atoms with Crippen LogP contribution in [0, 0.1) is 11.3 Å². The summed E-state index contributed by atoms with van der Waals surface area (Å²) in [6, 6.07) is 18.1. The molecule has 1 atom stereocenters. The molecule has 0 saturated heterocycles. The van der Waals surface area contributed by atoms with E-state index >= 15 is 0 Å². The Hall–Kier alpha value is -3.92. The van der Waals surface area contributed by atoms with Crippen molar-refractivity contribution in [3.63, 3.8) is 0 Å². The molecule has 0 spiro atoms. The molecule has 0 radical (unpaired) electrons. The van der Waals surface area contributed by atoms with Crippen molar-refractivity contribution < 1.29 is 4.79 Å². The molecule has 2 N–H and O–H groups in total. The van der Waals surface area contributed by atoms with Crippen molar-refractivity contribution >= 4 is 17.5 Å². The van der Waals surface area contributed by atoms with Crippen LogP contribution in [-0.2, 0) is 4.79 Å². The van der Waals surface area contributed by atoms with Crippen LogP contribution in [0.1, 0.15) is 24.1 Å². The number of carbonyl (C=O) groups excluding carboxylic acids is 1. The van der Waals surface area contributed by atoms with Gasteiger partial charge in [-0.3, -0.25) is 4.79 Å². The van der Waals surface area contributed by atoms with Crippen molar-refractivity contribution in [3.05, 3.63) is 83.3 Å². The molecule has 2 heterocycles. The highest BCUT2D eigenvalue weighted by molar-refractivity contribution is 6.06.